The number of nitrogens with one attached hydrogen (secondary N) is 1. The molecule has 3 rings (SSSR count). The Labute approximate surface area is 169 Å². The Balaban J connectivity index is 1.48. The van der Waals surface area contributed by atoms with Crippen molar-refractivity contribution in [2.24, 2.45) is 4.99 Å². The first-order valence-corrected chi connectivity index (χ1v) is 10.2. The molecule has 1 N–H and O–H groups in total. The molecule has 0 saturated carbocycles. The van der Waals surface area contributed by atoms with Gasteiger partial charge in [0.25, 0.3) is 0 Å². The van der Waals surface area contributed by atoms with Crippen molar-refractivity contribution in [1.82, 2.24) is 29.8 Å². The number of pyridine rings is 1. The van der Waals surface area contributed by atoms with Crippen LogP contribution in [0.5, 0.6) is 0 Å². The Hall–Kier alpha value is -2.52. The summed E-state index contributed by atoms with van der Waals surface area (Å²) in [5.41, 5.74) is 1.90. The molecule has 3 heterocycles. The van der Waals surface area contributed by atoms with Gasteiger partial charge in [-0.1, -0.05) is 6.07 Å². The van der Waals surface area contributed by atoms with E-state index in [0.29, 0.717) is 6.54 Å². The van der Waals surface area contributed by atoms with Crippen molar-refractivity contribution in [1.29, 1.82) is 0 Å². The average Bonchev–Trinajstić information content (AvgIpc) is 3.34. The lowest BCUT2D eigenvalue weighted by molar-refractivity contribution is 0.119. The van der Waals surface area contributed by atoms with E-state index in [4.69, 9.17) is 4.74 Å². The Morgan fingerprint density at radius 1 is 1.39 bits per heavy atom. The first-order chi connectivity index (χ1) is 13.6. The number of hydrogen-bond acceptors (Lipinski definition) is 6. The molecule has 1 atom stereocenters. The van der Waals surface area contributed by atoms with Gasteiger partial charge in [-0.2, -0.15) is 0 Å². The molecule has 3 aromatic heterocycles. The summed E-state index contributed by atoms with van der Waals surface area (Å²) in [6.07, 6.45) is 3.81. The van der Waals surface area contributed by atoms with Gasteiger partial charge in [-0.3, -0.25) is 9.39 Å². The number of fused-ring (bicyclic) bond motifs is 1. The molecule has 0 spiro atoms. The highest BCUT2D eigenvalue weighted by atomic mass is 32.1. The number of methoxy groups -OCH3 is 1. The summed E-state index contributed by atoms with van der Waals surface area (Å²) in [6.45, 7) is 3.51. The fourth-order valence-electron chi connectivity index (χ4n) is 2.89. The van der Waals surface area contributed by atoms with E-state index in [9.17, 15) is 0 Å². The highest BCUT2D eigenvalue weighted by Gasteiger charge is 2.12. The minimum absolute atomic E-state index is 0.0229. The summed E-state index contributed by atoms with van der Waals surface area (Å²) < 4.78 is 7.36. The predicted molar refractivity (Wildman–Crippen MR) is 112 cm³/mol. The molecule has 0 bridgehead atoms. The van der Waals surface area contributed by atoms with Crippen LogP contribution in [-0.4, -0.2) is 58.2 Å². The lowest BCUT2D eigenvalue weighted by Gasteiger charge is -2.21. The third-order valence-electron chi connectivity index (χ3n) is 4.49. The molecule has 0 aromatic carbocycles. The molecule has 0 radical (unpaired) electrons. The van der Waals surface area contributed by atoms with Gasteiger partial charge >= 0.3 is 0 Å². The molecule has 28 heavy (non-hydrogen) atoms. The Morgan fingerprint density at radius 3 is 3.04 bits per heavy atom. The second-order valence-electron chi connectivity index (χ2n) is 6.53. The standard InChI is InChI=1S/C19H27N7OS/c1-14(27-4)18-22-15(13-28-18)12-25(3)19(20-2)21-10-7-9-17-24-23-16-8-5-6-11-26(16)17/h5-6,8,11,13-14H,7,9-10,12H2,1-4H3,(H,20,21). The first-order valence-electron chi connectivity index (χ1n) is 9.30. The quantitative estimate of drug-likeness (QED) is 0.355. The molecule has 3 aromatic rings. The lowest BCUT2D eigenvalue weighted by Crippen LogP contribution is -2.39. The van der Waals surface area contributed by atoms with E-state index in [0.717, 1.165) is 47.5 Å². The van der Waals surface area contributed by atoms with Crippen LogP contribution in [0.25, 0.3) is 5.65 Å². The molecular formula is C19H27N7OS. The van der Waals surface area contributed by atoms with E-state index >= 15 is 0 Å². The fraction of sp³-hybridized carbons (Fsp3) is 0.474. The van der Waals surface area contributed by atoms with Crippen LogP contribution in [-0.2, 0) is 17.7 Å². The monoisotopic (exact) mass is 401 g/mol. The van der Waals surface area contributed by atoms with Crippen LogP contribution in [0.3, 0.4) is 0 Å². The van der Waals surface area contributed by atoms with Gasteiger partial charge in [0.2, 0.25) is 0 Å². The van der Waals surface area contributed by atoms with Gasteiger partial charge in [-0.15, -0.1) is 21.5 Å². The molecule has 0 fully saturated rings. The zero-order valence-electron chi connectivity index (χ0n) is 16.8. The third kappa shape index (κ3) is 4.85. The number of nitrogens with zero attached hydrogens (tertiary/aromatic N) is 6. The second kappa shape index (κ2) is 9.61. The highest BCUT2D eigenvalue weighted by Crippen LogP contribution is 2.20. The van der Waals surface area contributed by atoms with E-state index < -0.39 is 0 Å². The first kappa shape index (κ1) is 20.2. The summed E-state index contributed by atoms with van der Waals surface area (Å²) in [5, 5.41) is 14.9. The van der Waals surface area contributed by atoms with Crippen LogP contribution >= 0.6 is 11.3 Å². The van der Waals surface area contributed by atoms with Gasteiger partial charge in [0, 0.05) is 45.7 Å². The average molecular weight is 402 g/mol. The molecule has 9 heteroatoms. The Bertz CT molecular complexity index is 920. The summed E-state index contributed by atoms with van der Waals surface area (Å²) in [7, 11) is 5.51. The zero-order chi connectivity index (χ0) is 19.9. The van der Waals surface area contributed by atoms with E-state index in [1.807, 2.05) is 42.8 Å². The smallest absolute Gasteiger partial charge is 0.193 e. The van der Waals surface area contributed by atoms with Crippen molar-refractivity contribution < 1.29 is 4.74 Å². The zero-order valence-corrected chi connectivity index (χ0v) is 17.6. The van der Waals surface area contributed by atoms with Gasteiger partial charge < -0.3 is 15.0 Å². The minimum atomic E-state index is 0.0229. The van der Waals surface area contributed by atoms with Gasteiger partial charge in [0.15, 0.2) is 11.6 Å². The molecular weight excluding hydrogens is 374 g/mol. The molecule has 0 aliphatic heterocycles. The van der Waals surface area contributed by atoms with Gasteiger partial charge in [-0.25, -0.2) is 4.98 Å². The number of rotatable bonds is 8. The topological polar surface area (TPSA) is 79.9 Å². The predicted octanol–water partition coefficient (Wildman–Crippen LogP) is 2.53. The molecule has 0 aliphatic carbocycles. The normalized spacial score (nSPS) is 13.1. The van der Waals surface area contributed by atoms with Crippen LogP contribution in [0.2, 0.25) is 0 Å². The van der Waals surface area contributed by atoms with Crippen LogP contribution in [0.4, 0.5) is 0 Å². The lowest BCUT2D eigenvalue weighted by atomic mass is 10.3. The van der Waals surface area contributed by atoms with Crippen molar-refractivity contribution >= 4 is 22.9 Å². The largest absolute Gasteiger partial charge is 0.375 e. The van der Waals surface area contributed by atoms with Crippen LogP contribution in [0.15, 0.2) is 34.8 Å². The number of aliphatic imine (C=N–C) groups is 1. The SMILES string of the molecule is CN=C(NCCCc1nnc2ccccn12)N(C)Cc1csc(C(C)OC)n1. The number of guanidine groups is 1. The second-order valence-corrected chi connectivity index (χ2v) is 7.42. The maximum atomic E-state index is 5.33. The maximum absolute atomic E-state index is 5.33. The minimum Gasteiger partial charge on any atom is -0.375 e. The summed E-state index contributed by atoms with van der Waals surface area (Å²) in [4.78, 5) is 11.1. The number of aryl methyl sites for hydroxylation is 1. The van der Waals surface area contributed by atoms with Gasteiger partial charge in [0.05, 0.1) is 12.2 Å². The van der Waals surface area contributed by atoms with E-state index in [1.54, 1.807) is 25.5 Å². The molecule has 0 saturated heterocycles. The van der Waals surface area contributed by atoms with Crippen molar-refractivity contribution in [3.05, 3.63) is 46.3 Å². The van der Waals surface area contributed by atoms with Gasteiger partial charge in [0.1, 0.15) is 16.9 Å². The van der Waals surface area contributed by atoms with Crippen LogP contribution in [0, 0.1) is 0 Å². The molecule has 150 valence electrons. The van der Waals surface area contributed by atoms with E-state index in [-0.39, 0.29) is 6.10 Å². The molecule has 0 aliphatic rings. The van der Waals surface area contributed by atoms with Gasteiger partial charge in [-0.05, 0) is 25.5 Å². The van der Waals surface area contributed by atoms with Crippen molar-refractivity contribution in [3.8, 4) is 0 Å². The summed E-state index contributed by atoms with van der Waals surface area (Å²) in [6, 6.07) is 5.92. The molecule has 1 unspecified atom stereocenters. The summed E-state index contributed by atoms with van der Waals surface area (Å²) >= 11 is 1.63. The molecule has 8 nitrogen and oxygen atoms in total. The Kier molecular flexibility index (Phi) is 6.94. The number of thiazole rings is 1. The van der Waals surface area contributed by atoms with Crippen molar-refractivity contribution in [2.45, 2.75) is 32.4 Å². The van der Waals surface area contributed by atoms with Crippen LogP contribution < -0.4 is 5.32 Å². The third-order valence-corrected chi connectivity index (χ3v) is 5.54. The van der Waals surface area contributed by atoms with Crippen molar-refractivity contribution in [3.63, 3.8) is 0 Å². The van der Waals surface area contributed by atoms with Crippen LogP contribution in [0.1, 0.15) is 36.0 Å². The highest BCUT2D eigenvalue weighted by molar-refractivity contribution is 7.09. The number of ether oxygens (including phenoxy) is 1. The Morgan fingerprint density at radius 2 is 2.25 bits per heavy atom. The number of hydrogen-bond donors (Lipinski definition) is 1. The fourth-order valence-corrected chi connectivity index (χ4v) is 3.74. The van der Waals surface area contributed by atoms with E-state index in [2.05, 4.69) is 35.8 Å². The maximum Gasteiger partial charge on any atom is 0.193 e. The number of aromatic nitrogens is 4. The summed E-state index contributed by atoms with van der Waals surface area (Å²) in [5.74, 6) is 1.82. The molecule has 0 amide bonds. The van der Waals surface area contributed by atoms with E-state index in [1.165, 1.54) is 0 Å². The van der Waals surface area contributed by atoms with Crippen molar-refractivity contribution in [2.75, 3.05) is 27.7 Å².